The summed E-state index contributed by atoms with van der Waals surface area (Å²) in [5.74, 6) is -1.94. The molecule has 5 nitrogen and oxygen atoms in total. The van der Waals surface area contributed by atoms with Crippen LogP contribution in [-0.2, 0) is 9.59 Å². The zero-order chi connectivity index (χ0) is 17.1. The molecule has 0 radical (unpaired) electrons. The Balaban J connectivity index is 1.61. The van der Waals surface area contributed by atoms with Crippen molar-refractivity contribution in [3.8, 4) is 0 Å². The number of amides is 1. The molecule has 1 fully saturated rings. The lowest BCUT2D eigenvalue weighted by atomic mass is 9.82. The number of hydrogen-bond acceptors (Lipinski definition) is 3. The number of halogens is 1. The largest absolute Gasteiger partial charge is 0.481 e. The van der Waals surface area contributed by atoms with Crippen LogP contribution in [0.15, 0.2) is 36.4 Å². The van der Waals surface area contributed by atoms with Crippen LogP contribution in [0.5, 0.6) is 0 Å². The molecule has 3 rings (SSSR count). The van der Waals surface area contributed by atoms with Gasteiger partial charge in [-0.25, -0.2) is 0 Å². The van der Waals surface area contributed by atoms with Gasteiger partial charge in [0.15, 0.2) is 0 Å². The quantitative estimate of drug-likeness (QED) is 0.853. The number of hydrogen-bond donors (Lipinski definition) is 1. The summed E-state index contributed by atoms with van der Waals surface area (Å²) >= 11 is 5.92. The van der Waals surface area contributed by atoms with Crippen LogP contribution in [0.25, 0.3) is 0 Å². The predicted molar refractivity (Wildman–Crippen MR) is 93.2 cm³/mol. The van der Waals surface area contributed by atoms with E-state index in [0.29, 0.717) is 31.0 Å². The fourth-order valence-electron chi connectivity index (χ4n) is 3.43. The van der Waals surface area contributed by atoms with E-state index < -0.39 is 17.8 Å². The molecule has 0 saturated carbocycles. The minimum Gasteiger partial charge on any atom is -0.481 e. The van der Waals surface area contributed by atoms with Gasteiger partial charge in [0, 0.05) is 36.9 Å². The van der Waals surface area contributed by atoms with Crippen molar-refractivity contribution < 1.29 is 14.7 Å². The van der Waals surface area contributed by atoms with Crippen LogP contribution < -0.4 is 4.90 Å². The van der Waals surface area contributed by atoms with Gasteiger partial charge < -0.3 is 14.9 Å². The van der Waals surface area contributed by atoms with Gasteiger partial charge in [-0.3, -0.25) is 9.59 Å². The maximum atomic E-state index is 12.7. The molecule has 1 aromatic carbocycles. The van der Waals surface area contributed by atoms with Crippen molar-refractivity contribution in [1.29, 1.82) is 0 Å². The fourth-order valence-corrected chi connectivity index (χ4v) is 3.56. The molecule has 2 aliphatic rings. The van der Waals surface area contributed by atoms with E-state index in [4.69, 9.17) is 11.6 Å². The smallest absolute Gasteiger partial charge is 0.307 e. The van der Waals surface area contributed by atoms with Crippen molar-refractivity contribution in [3.63, 3.8) is 0 Å². The highest BCUT2D eigenvalue weighted by Gasteiger charge is 2.37. The van der Waals surface area contributed by atoms with Gasteiger partial charge in [-0.15, -0.1) is 0 Å². The molecule has 1 saturated heterocycles. The first kappa shape index (κ1) is 16.8. The lowest BCUT2D eigenvalue weighted by molar-refractivity contribution is -0.150. The molecule has 0 unspecified atom stereocenters. The molecule has 24 heavy (non-hydrogen) atoms. The second-order valence-corrected chi connectivity index (χ2v) is 6.72. The maximum Gasteiger partial charge on any atom is 0.307 e. The van der Waals surface area contributed by atoms with Crippen molar-refractivity contribution in [1.82, 2.24) is 4.90 Å². The van der Waals surface area contributed by atoms with Crippen molar-refractivity contribution in [2.24, 2.45) is 11.8 Å². The minimum atomic E-state index is -0.877. The molecule has 1 aromatic rings. The molecule has 1 aliphatic carbocycles. The number of piperazine rings is 1. The van der Waals surface area contributed by atoms with Crippen molar-refractivity contribution in [2.45, 2.75) is 12.8 Å². The van der Waals surface area contributed by atoms with Crippen LogP contribution in [-0.4, -0.2) is 48.1 Å². The SMILES string of the molecule is O=C(O)[C@H]1CC=CC[C@@H]1C(=O)N1CCN(c2ccc(Cl)cc2)CC1. The van der Waals surface area contributed by atoms with Crippen LogP contribution in [0.2, 0.25) is 5.02 Å². The highest BCUT2D eigenvalue weighted by Crippen LogP contribution is 2.28. The second kappa shape index (κ2) is 7.26. The van der Waals surface area contributed by atoms with Gasteiger partial charge >= 0.3 is 5.97 Å². The molecule has 2 atom stereocenters. The van der Waals surface area contributed by atoms with Gasteiger partial charge in [-0.1, -0.05) is 23.8 Å². The Labute approximate surface area is 146 Å². The first-order valence-electron chi connectivity index (χ1n) is 8.23. The monoisotopic (exact) mass is 348 g/mol. The average Bonchev–Trinajstić information content (AvgIpc) is 2.62. The van der Waals surface area contributed by atoms with Crippen LogP contribution >= 0.6 is 11.6 Å². The molecule has 0 spiro atoms. The Morgan fingerprint density at radius 1 is 0.958 bits per heavy atom. The molecule has 1 aliphatic heterocycles. The number of allylic oxidation sites excluding steroid dienone is 2. The van der Waals surface area contributed by atoms with Gasteiger partial charge in [0.1, 0.15) is 0 Å². The van der Waals surface area contributed by atoms with Crippen LogP contribution in [0.1, 0.15) is 12.8 Å². The van der Waals surface area contributed by atoms with Gasteiger partial charge in [-0.2, -0.15) is 0 Å². The summed E-state index contributed by atoms with van der Waals surface area (Å²) in [7, 11) is 0. The molecule has 128 valence electrons. The highest BCUT2D eigenvalue weighted by molar-refractivity contribution is 6.30. The Bertz CT molecular complexity index is 636. The van der Waals surface area contributed by atoms with Crippen molar-refractivity contribution in [2.75, 3.05) is 31.1 Å². The molecule has 1 amide bonds. The Morgan fingerprint density at radius 3 is 2.12 bits per heavy atom. The summed E-state index contributed by atoms with van der Waals surface area (Å²) in [4.78, 5) is 28.2. The number of benzene rings is 1. The van der Waals surface area contributed by atoms with E-state index in [1.54, 1.807) is 0 Å². The summed E-state index contributed by atoms with van der Waals surface area (Å²) in [5.41, 5.74) is 1.09. The van der Waals surface area contributed by atoms with Gasteiger partial charge in [0.2, 0.25) is 5.91 Å². The molecule has 6 heteroatoms. The zero-order valence-corrected chi connectivity index (χ0v) is 14.2. The van der Waals surface area contributed by atoms with Crippen molar-refractivity contribution >= 4 is 29.2 Å². The Morgan fingerprint density at radius 2 is 1.54 bits per heavy atom. The van der Waals surface area contributed by atoms with E-state index in [0.717, 1.165) is 18.8 Å². The van der Waals surface area contributed by atoms with E-state index in [-0.39, 0.29) is 5.91 Å². The summed E-state index contributed by atoms with van der Waals surface area (Å²) in [6.07, 6.45) is 4.75. The first-order valence-corrected chi connectivity index (χ1v) is 8.61. The Hall–Kier alpha value is -2.01. The van der Waals surface area contributed by atoms with Gasteiger partial charge in [0.25, 0.3) is 0 Å². The predicted octanol–water partition coefficient (Wildman–Crippen LogP) is 2.66. The second-order valence-electron chi connectivity index (χ2n) is 6.28. The summed E-state index contributed by atoms with van der Waals surface area (Å²) in [6, 6.07) is 7.68. The lowest BCUT2D eigenvalue weighted by Gasteiger charge is -2.38. The van der Waals surface area contributed by atoms with Gasteiger partial charge in [0.05, 0.1) is 11.8 Å². The minimum absolute atomic E-state index is 0.0255. The number of carboxylic acid groups (broad SMARTS) is 1. The third-order valence-electron chi connectivity index (χ3n) is 4.85. The van der Waals surface area contributed by atoms with E-state index in [9.17, 15) is 14.7 Å². The number of carbonyl (C=O) groups is 2. The summed E-state index contributed by atoms with van der Waals surface area (Å²) < 4.78 is 0. The molecule has 0 bridgehead atoms. The molecule has 1 heterocycles. The number of nitrogens with zero attached hydrogens (tertiary/aromatic N) is 2. The van der Waals surface area contributed by atoms with E-state index in [1.165, 1.54) is 0 Å². The number of carboxylic acids is 1. The lowest BCUT2D eigenvalue weighted by Crippen LogP contribution is -2.52. The first-order chi connectivity index (χ1) is 11.6. The molecular formula is C18H21ClN2O3. The third-order valence-corrected chi connectivity index (χ3v) is 5.10. The van der Waals surface area contributed by atoms with Gasteiger partial charge in [-0.05, 0) is 37.1 Å². The molecular weight excluding hydrogens is 328 g/mol. The van der Waals surface area contributed by atoms with Crippen LogP contribution in [0, 0.1) is 11.8 Å². The number of rotatable bonds is 3. The van der Waals surface area contributed by atoms with Crippen molar-refractivity contribution in [3.05, 3.63) is 41.4 Å². The summed E-state index contributed by atoms with van der Waals surface area (Å²) in [6.45, 7) is 2.73. The third kappa shape index (κ3) is 3.56. The number of aliphatic carboxylic acids is 1. The van der Waals surface area contributed by atoms with Crippen LogP contribution in [0.4, 0.5) is 5.69 Å². The average molecular weight is 349 g/mol. The number of anilines is 1. The Kier molecular flexibility index (Phi) is 5.09. The molecule has 0 aromatic heterocycles. The number of carbonyl (C=O) groups excluding carboxylic acids is 1. The van der Waals surface area contributed by atoms with E-state index in [1.807, 2.05) is 41.3 Å². The fraction of sp³-hybridized carbons (Fsp3) is 0.444. The van der Waals surface area contributed by atoms with E-state index in [2.05, 4.69) is 4.90 Å². The normalized spacial score (nSPS) is 24.0. The highest BCUT2D eigenvalue weighted by atomic mass is 35.5. The molecule has 1 N–H and O–H groups in total. The van der Waals surface area contributed by atoms with Crippen LogP contribution in [0.3, 0.4) is 0 Å². The maximum absolute atomic E-state index is 12.7. The standard InChI is InChI=1S/C18H21ClN2O3/c19-13-5-7-14(8-6-13)20-9-11-21(12-10-20)17(22)15-3-1-2-4-16(15)18(23)24/h1-2,5-8,15-16H,3-4,9-12H2,(H,23,24)/t15-,16-/m0/s1. The summed E-state index contributed by atoms with van der Waals surface area (Å²) in [5, 5.41) is 10.1. The van der Waals surface area contributed by atoms with E-state index >= 15 is 0 Å². The zero-order valence-electron chi connectivity index (χ0n) is 13.4. The topological polar surface area (TPSA) is 60.9 Å².